The number of hydrogen-bond donors (Lipinski definition) is 0. The van der Waals surface area contributed by atoms with Gasteiger partial charge in [0.1, 0.15) is 0 Å². The van der Waals surface area contributed by atoms with Crippen molar-refractivity contribution < 1.29 is 8.42 Å². The van der Waals surface area contributed by atoms with Crippen molar-refractivity contribution >= 4 is 26.0 Å². The molecule has 3 nitrogen and oxygen atoms in total. The molecule has 0 spiro atoms. The van der Waals surface area contributed by atoms with E-state index in [9.17, 15) is 8.42 Å². The standard InChI is InChI=1S/C13H18BrNO2S/c1-15(2)18(16,17)12-7-3-10(4-8-12)9-13(14)11-5-6-11/h3-4,7-8,11,13H,5-6,9H2,1-2H3. The van der Waals surface area contributed by atoms with Crippen molar-refractivity contribution in [2.45, 2.75) is 29.0 Å². The summed E-state index contributed by atoms with van der Waals surface area (Å²) >= 11 is 3.70. The lowest BCUT2D eigenvalue weighted by Crippen LogP contribution is -2.22. The summed E-state index contributed by atoms with van der Waals surface area (Å²) in [5, 5.41) is 0. The highest BCUT2D eigenvalue weighted by Gasteiger charge is 2.29. The van der Waals surface area contributed by atoms with Gasteiger partial charge in [0.2, 0.25) is 10.0 Å². The van der Waals surface area contributed by atoms with Gasteiger partial charge in [0.05, 0.1) is 4.90 Å². The second-order valence-electron chi connectivity index (χ2n) is 4.99. The fourth-order valence-corrected chi connectivity index (χ4v) is 3.66. The molecule has 1 aliphatic carbocycles. The molecule has 0 radical (unpaired) electrons. The second-order valence-corrected chi connectivity index (χ2v) is 8.32. The maximum Gasteiger partial charge on any atom is 0.242 e. The molecule has 1 aliphatic rings. The zero-order chi connectivity index (χ0) is 13.3. The molecular weight excluding hydrogens is 314 g/mol. The molecule has 0 amide bonds. The van der Waals surface area contributed by atoms with Crippen LogP contribution in [0, 0.1) is 5.92 Å². The van der Waals surface area contributed by atoms with E-state index >= 15 is 0 Å². The molecule has 0 aromatic heterocycles. The molecule has 0 saturated heterocycles. The Labute approximate surface area is 117 Å². The minimum Gasteiger partial charge on any atom is -0.207 e. The molecule has 0 aliphatic heterocycles. The quantitative estimate of drug-likeness (QED) is 0.778. The summed E-state index contributed by atoms with van der Waals surface area (Å²) in [6.45, 7) is 0. The van der Waals surface area contributed by atoms with E-state index in [0.29, 0.717) is 9.72 Å². The third-order valence-electron chi connectivity index (χ3n) is 3.27. The molecule has 0 N–H and O–H groups in total. The summed E-state index contributed by atoms with van der Waals surface area (Å²) in [7, 11) is -0.212. The van der Waals surface area contributed by atoms with Crippen LogP contribution in [0.1, 0.15) is 18.4 Å². The van der Waals surface area contributed by atoms with E-state index in [1.165, 1.54) is 22.7 Å². The first kappa shape index (κ1) is 14.0. The van der Waals surface area contributed by atoms with E-state index in [1.807, 2.05) is 12.1 Å². The molecule has 1 aromatic rings. The van der Waals surface area contributed by atoms with Crippen LogP contribution in [0.15, 0.2) is 29.2 Å². The monoisotopic (exact) mass is 331 g/mol. The summed E-state index contributed by atoms with van der Waals surface area (Å²) in [4.78, 5) is 0.877. The van der Waals surface area contributed by atoms with Gasteiger partial charge in [0, 0.05) is 18.9 Å². The Morgan fingerprint density at radius 2 is 1.83 bits per heavy atom. The predicted octanol–water partition coefficient (Wildman–Crippen LogP) is 2.65. The highest BCUT2D eigenvalue weighted by Crippen LogP contribution is 2.38. The van der Waals surface area contributed by atoms with Crippen LogP contribution in [0.5, 0.6) is 0 Å². The number of alkyl halides is 1. The molecule has 0 bridgehead atoms. The van der Waals surface area contributed by atoms with Gasteiger partial charge in [-0.3, -0.25) is 0 Å². The van der Waals surface area contributed by atoms with Crippen molar-refractivity contribution in [3.05, 3.63) is 29.8 Å². The van der Waals surface area contributed by atoms with Crippen molar-refractivity contribution in [3.8, 4) is 0 Å². The van der Waals surface area contributed by atoms with E-state index < -0.39 is 10.0 Å². The Hall–Kier alpha value is -0.390. The van der Waals surface area contributed by atoms with Crippen LogP contribution >= 0.6 is 15.9 Å². The number of rotatable bonds is 5. The molecule has 5 heteroatoms. The summed E-state index contributed by atoms with van der Waals surface area (Å²) < 4.78 is 25.0. The van der Waals surface area contributed by atoms with E-state index in [4.69, 9.17) is 0 Å². The molecule has 1 saturated carbocycles. The SMILES string of the molecule is CN(C)S(=O)(=O)c1ccc(CC(Br)C2CC2)cc1. The number of halogens is 1. The molecule has 2 rings (SSSR count). The number of benzene rings is 1. The lowest BCUT2D eigenvalue weighted by atomic mass is 10.1. The summed E-state index contributed by atoms with van der Waals surface area (Å²) in [6, 6.07) is 7.20. The van der Waals surface area contributed by atoms with E-state index in [0.717, 1.165) is 12.3 Å². The number of nitrogens with zero attached hydrogens (tertiary/aromatic N) is 1. The fraction of sp³-hybridized carbons (Fsp3) is 0.538. The minimum atomic E-state index is -3.30. The first-order valence-corrected chi connectivity index (χ1v) is 8.42. The molecule has 18 heavy (non-hydrogen) atoms. The Kier molecular flexibility index (Phi) is 4.14. The molecule has 1 aromatic carbocycles. The first-order valence-electron chi connectivity index (χ1n) is 6.07. The van der Waals surface area contributed by atoms with Gasteiger partial charge < -0.3 is 0 Å². The van der Waals surface area contributed by atoms with Crippen LogP contribution in [-0.2, 0) is 16.4 Å². The van der Waals surface area contributed by atoms with Crippen molar-refractivity contribution in [1.82, 2.24) is 4.31 Å². The van der Waals surface area contributed by atoms with Gasteiger partial charge in [-0.05, 0) is 42.9 Å². The second kappa shape index (κ2) is 5.31. The average molecular weight is 332 g/mol. The average Bonchev–Trinajstić information content (AvgIpc) is 3.13. The lowest BCUT2D eigenvalue weighted by Gasteiger charge is -2.12. The van der Waals surface area contributed by atoms with Gasteiger partial charge in [-0.1, -0.05) is 28.1 Å². The first-order chi connectivity index (χ1) is 8.41. The van der Waals surface area contributed by atoms with Gasteiger partial charge in [0.25, 0.3) is 0 Å². The molecule has 1 unspecified atom stereocenters. The van der Waals surface area contributed by atoms with Crippen LogP contribution in [0.25, 0.3) is 0 Å². The Balaban J connectivity index is 2.10. The minimum absolute atomic E-state index is 0.355. The molecule has 1 atom stereocenters. The predicted molar refractivity (Wildman–Crippen MR) is 76.5 cm³/mol. The van der Waals surface area contributed by atoms with Gasteiger partial charge in [-0.25, -0.2) is 12.7 Å². The summed E-state index contributed by atoms with van der Waals surface area (Å²) in [6.07, 6.45) is 3.58. The topological polar surface area (TPSA) is 37.4 Å². The van der Waals surface area contributed by atoms with Gasteiger partial charge in [-0.15, -0.1) is 0 Å². The van der Waals surface area contributed by atoms with E-state index in [2.05, 4.69) is 15.9 Å². The van der Waals surface area contributed by atoms with E-state index in [1.54, 1.807) is 26.2 Å². The summed E-state index contributed by atoms with van der Waals surface area (Å²) in [5.41, 5.74) is 1.18. The summed E-state index contributed by atoms with van der Waals surface area (Å²) in [5.74, 6) is 0.801. The molecule has 0 heterocycles. The van der Waals surface area contributed by atoms with Gasteiger partial charge >= 0.3 is 0 Å². The normalized spacial score (nSPS) is 18.0. The number of sulfonamides is 1. The van der Waals surface area contributed by atoms with Crippen molar-refractivity contribution in [2.75, 3.05) is 14.1 Å². The number of hydrogen-bond acceptors (Lipinski definition) is 2. The molecular formula is C13H18BrNO2S. The van der Waals surface area contributed by atoms with Crippen molar-refractivity contribution in [2.24, 2.45) is 5.92 Å². The third-order valence-corrected chi connectivity index (χ3v) is 6.17. The Bertz CT molecular complexity index is 506. The third kappa shape index (κ3) is 3.13. The highest BCUT2D eigenvalue weighted by molar-refractivity contribution is 9.09. The smallest absolute Gasteiger partial charge is 0.207 e. The maximum atomic E-state index is 11.9. The van der Waals surface area contributed by atoms with Gasteiger partial charge in [-0.2, -0.15) is 0 Å². The van der Waals surface area contributed by atoms with Gasteiger partial charge in [0.15, 0.2) is 0 Å². The van der Waals surface area contributed by atoms with Crippen molar-refractivity contribution in [3.63, 3.8) is 0 Å². The molecule has 1 fully saturated rings. The highest BCUT2D eigenvalue weighted by atomic mass is 79.9. The zero-order valence-corrected chi connectivity index (χ0v) is 13.0. The van der Waals surface area contributed by atoms with Crippen LogP contribution in [0.4, 0.5) is 0 Å². The van der Waals surface area contributed by atoms with Crippen LogP contribution in [0.3, 0.4) is 0 Å². The van der Waals surface area contributed by atoms with Crippen LogP contribution in [0.2, 0.25) is 0 Å². The lowest BCUT2D eigenvalue weighted by molar-refractivity contribution is 0.520. The fourth-order valence-electron chi connectivity index (χ4n) is 1.86. The van der Waals surface area contributed by atoms with Crippen LogP contribution in [-0.4, -0.2) is 31.6 Å². The van der Waals surface area contributed by atoms with E-state index in [-0.39, 0.29) is 0 Å². The molecule has 100 valence electrons. The largest absolute Gasteiger partial charge is 0.242 e. The Morgan fingerprint density at radius 3 is 2.28 bits per heavy atom. The zero-order valence-electron chi connectivity index (χ0n) is 10.6. The Morgan fingerprint density at radius 1 is 1.28 bits per heavy atom. The van der Waals surface area contributed by atoms with Crippen molar-refractivity contribution in [1.29, 1.82) is 0 Å². The maximum absolute atomic E-state index is 11.9. The van der Waals surface area contributed by atoms with Crippen LogP contribution < -0.4 is 0 Å².